The largest absolute Gasteiger partial charge is 0.466 e. The molecule has 0 amide bonds. The van der Waals surface area contributed by atoms with Crippen molar-refractivity contribution in [2.45, 2.75) is 17.2 Å². The molecule has 6 heteroatoms. The Kier molecular flexibility index (Phi) is 4.75. The van der Waals surface area contributed by atoms with Gasteiger partial charge in [-0.3, -0.25) is 0 Å². The molecule has 4 rings (SSSR count). The highest BCUT2D eigenvalue weighted by Crippen LogP contribution is 2.54. The Morgan fingerprint density at radius 3 is 2.63 bits per heavy atom. The fraction of sp³-hybridized carbons (Fsp3) is 0.190. The number of para-hydroxylation sites is 1. The van der Waals surface area contributed by atoms with Crippen molar-refractivity contribution in [2.24, 2.45) is 7.05 Å². The molecule has 3 nitrogen and oxygen atoms in total. The fourth-order valence-electron chi connectivity index (χ4n) is 3.68. The summed E-state index contributed by atoms with van der Waals surface area (Å²) in [5.41, 5.74) is 4.60. The SMILES string of the molecule is COC(=O)C1=C(C)c2c(n(C)c3ccccc23)SC1c1ccc(Cl)cc1Cl. The normalized spacial score (nSPS) is 16.6. The molecule has 0 saturated heterocycles. The highest BCUT2D eigenvalue weighted by Gasteiger charge is 2.36. The van der Waals surface area contributed by atoms with Gasteiger partial charge < -0.3 is 9.30 Å². The van der Waals surface area contributed by atoms with Crippen LogP contribution in [0.3, 0.4) is 0 Å². The Balaban J connectivity index is 2.01. The lowest BCUT2D eigenvalue weighted by molar-refractivity contribution is -0.136. The first-order chi connectivity index (χ1) is 12.9. The van der Waals surface area contributed by atoms with E-state index in [-0.39, 0.29) is 11.2 Å². The van der Waals surface area contributed by atoms with Crippen LogP contribution in [0.15, 0.2) is 53.1 Å². The molecule has 0 spiro atoms. The minimum atomic E-state index is -0.338. The van der Waals surface area contributed by atoms with Gasteiger partial charge in [0.1, 0.15) is 0 Å². The summed E-state index contributed by atoms with van der Waals surface area (Å²) in [4.78, 5) is 12.7. The Morgan fingerprint density at radius 1 is 1.19 bits per heavy atom. The molecular formula is C21H17Cl2NO2S. The molecule has 0 radical (unpaired) electrons. The number of hydrogen-bond donors (Lipinski definition) is 0. The predicted molar refractivity (Wildman–Crippen MR) is 113 cm³/mol. The number of allylic oxidation sites excluding steroid dienone is 1. The molecule has 2 heterocycles. The van der Waals surface area contributed by atoms with Crippen LogP contribution in [-0.4, -0.2) is 17.6 Å². The number of aromatic nitrogens is 1. The Bertz CT molecular complexity index is 1120. The van der Waals surface area contributed by atoms with Crippen LogP contribution in [0.5, 0.6) is 0 Å². The molecule has 1 unspecified atom stereocenters. The van der Waals surface area contributed by atoms with Crippen molar-refractivity contribution in [1.29, 1.82) is 0 Å². The van der Waals surface area contributed by atoms with Gasteiger partial charge in [0.25, 0.3) is 0 Å². The minimum absolute atomic E-state index is 0.266. The zero-order chi connectivity index (χ0) is 19.3. The van der Waals surface area contributed by atoms with E-state index in [0.29, 0.717) is 15.6 Å². The van der Waals surface area contributed by atoms with Crippen molar-refractivity contribution in [2.75, 3.05) is 7.11 Å². The number of methoxy groups -OCH3 is 1. The van der Waals surface area contributed by atoms with E-state index in [9.17, 15) is 4.79 Å². The third kappa shape index (κ3) is 2.87. The highest BCUT2D eigenvalue weighted by atomic mass is 35.5. The summed E-state index contributed by atoms with van der Waals surface area (Å²) in [6.45, 7) is 1.98. The maximum atomic E-state index is 12.7. The molecule has 138 valence electrons. The summed E-state index contributed by atoms with van der Waals surface area (Å²) >= 11 is 14.2. The third-order valence-corrected chi connectivity index (χ3v) is 6.96. The number of halogens is 2. The molecule has 1 aliphatic rings. The average molecular weight is 418 g/mol. The maximum absolute atomic E-state index is 12.7. The van der Waals surface area contributed by atoms with Gasteiger partial charge in [-0.2, -0.15) is 0 Å². The van der Waals surface area contributed by atoms with Crippen LogP contribution in [0.25, 0.3) is 16.5 Å². The molecular weight excluding hydrogens is 401 g/mol. The fourth-order valence-corrected chi connectivity index (χ4v) is 5.84. The van der Waals surface area contributed by atoms with Gasteiger partial charge in [-0.25, -0.2) is 4.79 Å². The average Bonchev–Trinajstić information content (AvgIpc) is 2.94. The number of esters is 1. The van der Waals surface area contributed by atoms with Crippen LogP contribution >= 0.6 is 35.0 Å². The van der Waals surface area contributed by atoms with Gasteiger partial charge in [-0.1, -0.05) is 59.2 Å². The van der Waals surface area contributed by atoms with Crippen molar-refractivity contribution in [3.05, 3.63) is 69.2 Å². The Labute approximate surface area is 171 Å². The van der Waals surface area contributed by atoms with E-state index in [2.05, 4.69) is 16.7 Å². The summed E-state index contributed by atoms with van der Waals surface area (Å²) in [7, 11) is 3.46. The zero-order valence-corrected chi connectivity index (χ0v) is 17.4. The van der Waals surface area contributed by atoms with Crippen molar-refractivity contribution in [3.8, 4) is 0 Å². The molecule has 0 bridgehead atoms. The van der Waals surface area contributed by atoms with Gasteiger partial charge in [-0.05, 0) is 36.3 Å². The number of thioether (sulfide) groups is 1. The number of carbonyl (C=O) groups is 1. The van der Waals surface area contributed by atoms with Gasteiger partial charge in [0.05, 0.1) is 23.0 Å². The van der Waals surface area contributed by atoms with Gasteiger partial charge in [0, 0.05) is 33.6 Å². The van der Waals surface area contributed by atoms with Crippen LogP contribution in [-0.2, 0) is 16.6 Å². The third-order valence-electron chi connectivity index (χ3n) is 4.97. The number of ether oxygens (including phenoxy) is 1. The first-order valence-corrected chi connectivity index (χ1v) is 10.1. The lowest BCUT2D eigenvalue weighted by Gasteiger charge is -2.27. The summed E-state index contributed by atoms with van der Waals surface area (Å²) in [6, 6.07) is 13.6. The van der Waals surface area contributed by atoms with Crippen molar-refractivity contribution < 1.29 is 9.53 Å². The van der Waals surface area contributed by atoms with Crippen LogP contribution in [0.4, 0.5) is 0 Å². The first kappa shape index (κ1) is 18.5. The van der Waals surface area contributed by atoms with E-state index in [1.54, 1.807) is 23.9 Å². The molecule has 0 fully saturated rings. The second-order valence-electron chi connectivity index (χ2n) is 6.45. The van der Waals surface area contributed by atoms with Gasteiger partial charge in [-0.15, -0.1) is 0 Å². The van der Waals surface area contributed by atoms with Crippen LogP contribution in [0.1, 0.15) is 23.3 Å². The number of benzene rings is 2. The molecule has 2 aromatic carbocycles. The summed E-state index contributed by atoms with van der Waals surface area (Å²) in [5.74, 6) is -0.338. The van der Waals surface area contributed by atoms with Crippen LogP contribution in [0, 0.1) is 0 Å². The molecule has 3 aromatic rings. The topological polar surface area (TPSA) is 31.2 Å². The Hall–Kier alpha value is -1.88. The summed E-state index contributed by atoms with van der Waals surface area (Å²) in [5, 5.41) is 3.07. The quantitative estimate of drug-likeness (QED) is 0.459. The smallest absolute Gasteiger partial charge is 0.335 e. The lowest BCUT2D eigenvalue weighted by Crippen LogP contribution is -2.17. The van der Waals surface area contributed by atoms with Crippen molar-refractivity contribution in [1.82, 2.24) is 4.57 Å². The van der Waals surface area contributed by atoms with Gasteiger partial charge in [0.15, 0.2) is 0 Å². The molecule has 0 N–H and O–H groups in total. The van der Waals surface area contributed by atoms with Crippen molar-refractivity contribution >= 4 is 57.4 Å². The first-order valence-electron chi connectivity index (χ1n) is 8.42. The van der Waals surface area contributed by atoms with Crippen LogP contribution in [0.2, 0.25) is 10.0 Å². The number of rotatable bonds is 2. The van der Waals surface area contributed by atoms with E-state index in [1.807, 2.05) is 32.2 Å². The molecule has 0 saturated carbocycles. The number of fused-ring (bicyclic) bond motifs is 3. The minimum Gasteiger partial charge on any atom is -0.466 e. The monoisotopic (exact) mass is 417 g/mol. The summed E-state index contributed by atoms with van der Waals surface area (Å²) < 4.78 is 7.29. The molecule has 0 aliphatic carbocycles. The maximum Gasteiger partial charge on any atom is 0.335 e. The van der Waals surface area contributed by atoms with E-state index >= 15 is 0 Å². The number of carbonyl (C=O) groups excluding carboxylic acids is 1. The van der Waals surface area contributed by atoms with Gasteiger partial charge in [0.2, 0.25) is 0 Å². The van der Waals surface area contributed by atoms with E-state index in [1.165, 1.54) is 7.11 Å². The molecule has 27 heavy (non-hydrogen) atoms. The lowest BCUT2D eigenvalue weighted by atomic mass is 9.94. The number of aryl methyl sites for hydroxylation is 1. The highest BCUT2D eigenvalue weighted by molar-refractivity contribution is 7.99. The summed E-state index contributed by atoms with van der Waals surface area (Å²) in [6.07, 6.45) is 0. The van der Waals surface area contributed by atoms with Crippen LogP contribution < -0.4 is 0 Å². The Morgan fingerprint density at radius 2 is 1.93 bits per heavy atom. The van der Waals surface area contributed by atoms with E-state index < -0.39 is 0 Å². The second kappa shape index (κ2) is 6.93. The van der Waals surface area contributed by atoms with E-state index in [4.69, 9.17) is 27.9 Å². The second-order valence-corrected chi connectivity index (χ2v) is 8.39. The van der Waals surface area contributed by atoms with E-state index in [0.717, 1.165) is 32.6 Å². The molecule has 1 atom stereocenters. The standard InChI is InChI=1S/C21H17Cl2NO2S/c1-11-17-14-6-4-5-7-16(14)24(2)20(17)27-19(18(11)21(25)26-3)13-9-8-12(22)10-15(13)23/h4-10,19H,1-3H3. The predicted octanol–water partition coefficient (Wildman–Crippen LogP) is 6.28. The molecule has 1 aliphatic heterocycles. The molecule has 1 aromatic heterocycles. The zero-order valence-electron chi connectivity index (χ0n) is 15.0. The van der Waals surface area contributed by atoms with Gasteiger partial charge >= 0.3 is 5.97 Å². The number of nitrogens with zero attached hydrogens (tertiary/aromatic N) is 1. The van der Waals surface area contributed by atoms with Crippen molar-refractivity contribution in [3.63, 3.8) is 0 Å². The number of hydrogen-bond acceptors (Lipinski definition) is 3.